The summed E-state index contributed by atoms with van der Waals surface area (Å²) in [7, 11) is 0. The number of rotatable bonds is 16. The predicted octanol–water partition coefficient (Wildman–Crippen LogP) is 2.29. The lowest BCUT2D eigenvalue weighted by Gasteiger charge is -2.18. The topological polar surface area (TPSA) is 157 Å². The Balaban J connectivity index is 1.71. The largest absolute Gasteiger partial charge is 0.462 e. The Labute approximate surface area is 201 Å². The third kappa shape index (κ3) is 8.33. The first kappa shape index (κ1) is 28.2. The van der Waals surface area contributed by atoms with Gasteiger partial charge in [0.1, 0.15) is 29.7 Å². The van der Waals surface area contributed by atoms with Gasteiger partial charge in [0, 0.05) is 6.20 Å². The number of nitrogens with two attached hydrogens (primary N) is 1. The Morgan fingerprint density at radius 1 is 1.03 bits per heavy atom. The second-order valence-corrected chi connectivity index (χ2v) is 8.98. The lowest BCUT2D eigenvalue weighted by Crippen LogP contribution is -2.36. The molecule has 1 fully saturated rings. The zero-order valence-electron chi connectivity index (χ0n) is 20.2. The Hall–Kier alpha value is -2.01. The van der Waals surface area contributed by atoms with E-state index in [4.69, 9.17) is 15.2 Å². The van der Waals surface area contributed by atoms with Crippen LogP contribution in [0.4, 0.5) is 5.82 Å². The third-order valence-corrected chi connectivity index (χ3v) is 6.22. The van der Waals surface area contributed by atoms with Gasteiger partial charge in [0.25, 0.3) is 0 Å². The SMILES string of the molecule is CCCCCCCCCCCCCCOC(=O)c1cn([C@@H]2O[C@H](CO)[C@@H](O)[C@@H]2O)c(=O)nc1N. The fraction of sp³-hybridized carbons (Fsp3) is 0.792. The number of hydrogen-bond donors (Lipinski definition) is 4. The van der Waals surface area contributed by atoms with Gasteiger partial charge in [-0.1, -0.05) is 77.6 Å². The molecule has 1 aromatic heterocycles. The molecule has 1 aliphatic rings. The summed E-state index contributed by atoms with van der Waals surface area (Å²) in [5.74, 6) is -1.01. The van der Waals surface area contributed by atoms with E-state index >= 15 is 0 Å². The highest BCUT2D eigenvalue weighted by atomic mass is 16.6. The van der Waals surface area contributed by atoms with Crippen molar-refractivity contribution in [2.45, 2.75) is 109 Å². The molecule has 10 nitrogen and oxygen atoms in total. The maximum Gasteiger partial charge on any atom is 0.351 e. The molecule has 2 rings (SSSR count). The van der Waals surface area contributed by atoms with Gasteiger partial charge in [0.05, 0.1) is 13.2 Å². The molecule has 0 amide bonds. The number of nitrogen functional groups attached to an aromatic ring is 1. The number of nitrogens with zero attached hydrogens (tertiary/aromatic N) is 2. The Morgan fingerprint density at radius 3 is 2.12 bits per heavy atom. The minimum atomic E-state index is -1.48. The van der Waals surface area contributed by atoms with E-state index in [1.807, 2.05) is 0 Å². The van der Waals surface area contributed by atoms with Crippen LogP contribution in [0.1, 0.15) is 101 Å². The number of aliphatic hydroxyl groups excluding tert-OH is 3. The summed E-state index contributed by atoms with van der Waals surface area (Å²) in [6.07, 6.45) is 10.3. The molecule has 1 aliphatic heterocycles. The minimum absolute atomic E-state index is 0.128. The van der Waals surface area contributed by atoms with E-state index in [1.54, 1.807) is 0 Å². The molecule has 10 heteroatoms. The lowest BCUT2D eigenvalue weighted by molar-refractivity contribution is -0.0550. The molecule has 0 radical (unpaired) electrons. The van der Waals surface area contributed by atoms with Gasteiger partial charge in [-0.05, 0) is 6.42 Å². The summed E-state index contributed by atoms with van der Waals surface area (Å²) >= 11 is 0. The van der Waals surface area contributed by atoms with Crippen LogP contribution in [0.5, 0.6) is 0 Å². The summed E-state index contributed by atoms with van der Waals surface area (Å²) in [5.41, 5.74) is 4.75. The lowest BCUT2D eigenvalue weighted by atomic mass is 10.1. The van der Waals surface area contributed by atoms with Gasteiger partial charge in [-0.25, -0.2) is 9.59 Å². The van der Waals surface area contributed by atoms with Gasteiger partial charge >= 0.3 is 11.7 Å². The molecule has 5 N–H and O–H groups in total. The number of hydrogen-bond acceptors (Lipinski definition) is 9. The molecule has 1 aromatic rings. The van der Waals surface area contributed by atoms with Crippen LogP contribution in [0.3, 0.4) is 0 Å². The normalized spacial score (nSPS) is 22.2. The minimum Gasteiger partial charge on any atom is -0.462 e. The summed E-state index contributed by atoms with van der Waals surface area (Å²) in [4.78, 5) is 28.3. The molecule has 1 saturated heterocycles. The van der Waals surface area contributed by atoms with Crippen molar-refractivity contribution in [3.05, 3.63) is 22.2 Å². The summed E-state index contributed by atoms with van der Waals surface area (Å²) in [6.45, 7) is 1.91. The molecular weight excluding hydrogens is 442 g/mol. The van der Waals surface area contributed by atoms with Gasteiger partial charge < -0.3 is 30.5 Å². The van der Waals surface area contributed by atoms with Crippen molar-refractivity contribution in [3.63, 3.8) is 0 Å². The quantitative estimate of drug-likeness (QED) is 0.204. The Morgan fingerprint density at radius 2 is 1.59 bits per heavy atom. The molecule has 0 unspecified atom stereocenters. The van der Waals surface area contributed by atoms with E-state index in [2.05, 4.69) is 11.9 Å². The van der Waals surface area contributed by atoms with Crippen LogP contribution in [-0.4, -0.2) is 62.4 Å². The summed E-state index contributed by atoms with van der Waals surface area (Å²) in [6, 6.07) is 0. The molecule has 0 aliphatic carbocycles. The van der Waals surface area contributed by atoms with Gasteiger partial charge in [0.2, 0.25) is 0 Å². The average Bonchev–Trinajstić information content (AvgIpc) is 3.10. The molecule has 4 atom stereocenters. The zero-order chi connectivity index (χ0) is 24.9. The number of aliphatic hydroxyl groups is 3. The first-order valence-corrected chi connectivity index (χ1v) is 12.6. The zero-order valence-corrected chi connectivity index (χ0v) is 20.2. The number of aromatic nitrogens is 2. The van der Waals surface area contributed by atoms with Crippen LogP contribution in [0.25, 0.3) is 0 Å². The van der Waals surface area contributed by atoms with Crippen molar-refractivity contribution >= 4 is 11.8 Å². The van der Waals surface area contributed by atoms with E-state index in [0.29, 0.717) is 0 Å². The molecule has 0 spiro atoms. The van der Waals surface area contributed by atoms with Crippen molar-refractivity contribution < 1.29 is 29.6 Å². The third-order valence-electron chi connectivity index (χ3n) is 6.22. The van der Waals surface area contributed by atoms with Crippen LogP contribution in [-0.2, 0) is 9.47 Å². The number of ether oxygens (including phenoxy) is 2. The number of carbonyl (C=O) groups is 1. The van der Waals surface area contributed by atoms with Crippen LogP contribution >= 0.6 is 0 Å². The van der Waals surface area contributed by atoms with E-state index in [1.165, 1.54) is 57.8 Å². The van der Waals surface area contributed by atoms with Crippen LogP contribution < -0.4 is 11.4 Å². The molecule has 2 heterocycles. The maximum absolute atomic E-state index is 12.5. The summed E-state index contributed by atoms with van der Waals surface area (Å²) in [5, 5.41) is 29.3. The Bertz CT molecular complexity index is 801. The van der Waals surface area contributed by atoms with Crippen molar-refractivity contribution in [1.29, 1.82) is 0 Å². The van der Waals surface area contributed by atoms with Crippen LogP contribution in [0, 0.1) is 0 Å². The number of anilines is 1. The van der Waals surface area contributed by atoms with Gasteiger partial charge in [-0.15, -0.1) is 0 Å². The first-order chi connectivity index (χ1) is 16.4. The first-order valence-electron chi connectivity index (χ1n) is 12.6. The monoisotopic (exact) mass is 483 g/mol. The van der Waals surface area contributed by atoms with Gasteiger partial charge in [-0.3, -0.25) is 4.57 Å². The van der Waals surface area contributed by atoms with E-state index in [-0.39, 0.29) is 18.0 Å². The molecule has 0 saturated carbocycles. The molecular formula is C24H41N3O7. The highest BCUT2D eigenvalue weighted by molar-refractivity contribution is 5.93. The fourth-order valence-corrected chi connectivity index (χ4v) is 4.12. The molecule has 0 aromatic carbocycles. The Kier molecular flexibility index (Phi) is 12.5. The van der Waals surface area contributed by atoms with Crippen molar-refractivity contribution in [2.75, 3.05) is 18.9 Å². The number of carbonyl (C=O) groups excluding carboxylic acids is 1. The van der Waals surface area contributed by atoms with E-state index < -0.39 is 42.8 Å². The standard InChI is InChI=1S/C24H41N3O7/c1-2-3-4-5-6-7-8-9-10-11-12-13-14-33-23(31)17-15-27(24(32)26-21(17)25)22-20(30)19(29)18(16-28)34-22/h15,18-20,22,28-30H,2-14,16H2,1H3,(H2,25,26,32)/t18-,19-,20+,22-/m1/s1. The molecule has 194 valence electrons. The maximum atomic E-state index is 12.5. The van der Waals surface area contributed by atoms with Crippen molar-refractivity contribution in [3.8, 4) is 0 Å². The number of unbranched alkanes of at least 4 members (excludes halogenated alkanes) is 11. The second kappa shape index (κ2) is 15.1. The second-order valence-electron chi connectivity index (χ2n) is 8.98. The molecule has 34 heavy (non-hydrogen) atoms. The summed E-state index contributed by atoms with van der Waals surface area (Å²) < 4.78 is 11.5. The average molecular weight is 484 g/mol. The predicted molar refractivity (Wildman–Crippen MR) is 127 cm³/mol. The van der Waals surface area contributed by atoms with Gasteiger partial charge in [-0.2, -0.15) is 4.98 Å². The van der Waals surface area contributed by atoms with Crippen LogP contribution in [0.15, 0.2) is 11.0 Å². The van der Waals surface area contributed by atoms with Crippen molar-refractivity contribution in [2.24, 2.45) is 0 Å². The van der Waals surface area contributed by atoms with Crippen LogP contribution in [0.2, 0.25) is 0 Å². The highest BCUT2D eigenvalue weighted by Gasteiger charge is 2.44. The molecule has 0 bridgehead atoms. The van der Waals surface area contributed by atoms with Gasteiger partial charge in [0.15, 0.2) is 6.23 Å². The highest BCUT2D eigenvalue weighted by Crippen LogP contribution is 2.28. The number of esters is 1. The fourth-order valence-electron chi connectivity index (χ4n) is 4.12. The van der Waals surface area contributed by atoms with E-state index in [0.717, 1.165) is 30.0 Å². The smallest absolute Gasteiger partial charge is 0.351 e. The van der Waals surface area contributed by atoms with E-state index in [9.17, 15) is 24.9 Å². The van der Waals surface area contributed by atoms with Crippen molar-refractivity contribution in [1.82, 2.24) is 9.55 Å².